The minimum atomic E-state index is -1.18. The Hall–Kier alpha value is -5.64. The van der Waals surface area contributed by atoms with Gasteiger partial charge < -0.3 is 51.0 Å². The molecule has 0 unspecified atom stereocenters. The van der Waals surface area contributed by atoms with Gasteiger partial charge in [-0.2, -0.15) is 0 Å². The summed E-state index contributed by atoms with van der Waals surface area (Å²) in [5, 5.41) is 25.9. The predicted octanol–water partition coefficient (Wildman–Crippen LogP) is 2.51. The molecule has 7 N–H and O–H groups in total. The van der Waals surface area contributed by atoms with Gasteiger partial charge in [0.25, 0.3) is 0 Å². The van der Waals surface area contributed by atoms with E-state index in [4.69, 9.17) is 9.47 Å². The summed E-state index contributed by atoms with van der Waals surface area (Å²) >= 11 is 0. The monoisotopic (exact) mass is 843 g/mol. The number of nitrogens with zero attached hydrogens (tertiary/aromatic N) is 1. The van der Waals surface area contributed by atoms with Crippen molar-refractivity contribution < 1.29 is 43.3 Å². The molecule has 1 saturated carbocycles. The maximum Gasteiger partial charge on any atom is 0.245 e. The molecule has 0 spiro atoms. The van der Waals surface area contributed by atoms with Crippen LogP contribution in [-0.2, 0) is 40.6 Å². The van der Waals surface area contributed by atoms with Gasteiger partial charge in [-0.1, -0.05) is 51.0 Å². The van der Waals surface area contributed by atoms with Crippen LogP contribution < -0.4 is 36.1 Å². The number of ether oxygens (including phenoxy) is 2. The molecule has 2 saturated heterocycles. The zero-order chi connectivity index (χ0) is 43.8. The van der Waals surface area contributed by atoms with Gasteiger partial charge in [0.15, 0.2) is 11.5 Å². The maximum atomic E-state index is 14.5. The Balaban J connectivity index is 1.30. The number of aliphatic hydroxyl groups excluding tert-OH is 1. The van der Waals surface area contributed by atoms with E-state index in [1.807, 2.05) is 44.2 Å². The molecule has 3 aromatic rings. The number of aromatic amines is 1. The second-order valence-corrected chi connectivity index (χ2v) is 17.1. The Morgan fingerprint density at radius 2 is 1.61 bits per heavy atom. The number of H-pyrrole nitrogens is 1. The number of hydrogen-bond acceptors (Lipinski definition) is 9. The average Bonchev–Trinajstić information content (AvgIpc) is 4.01. The van der Waals surface area contributed by atoms with E-state index in [-0.39, 0.29) is 50.6 Å². The second kappa shape index (κ2) is 19.8. The number of hydrogen-bond donors (Lipinski definition) is 7. The van der Waals surface area contributed by atoms with E-state index >= 15 is 0 Å². The lowest BCUT2D eigenvalue weighted by Crippen LogP contribution is -2.59. The summed E-state index contributed by atoms with van der Waals surface area (Å²) in [5.41, 5.74) is 1.39. The number of nitrogens with one attached hydrogen (secondary N) is 6. The van der Waals surface area contributed by atoms with Crippen LogP contribution in [0.25, 0.3) is 10.9 Å². The summed E-state index contributed by atoms with van der Waals surface area (Å²) in [7, 11) is 3.07. The molecule has 3 fully saturated rings. The van der Waals surface area contributed by atoms with Crippen molar-refractivity contribution in [3.05, 3.63) is 59.8 Å². The standard InChI is InChI=1S/C45H61N7O9/c1-26(2)20-35-43(58)52-25-30(53)23-36(52)42(57)46-19-11-8-14-33(51-44(59)45(17-9-10-18-45)29-15-16-37(60-4)38(22-29)61-5)40(55)48-27(3)39(54)49-34(41(56)50-35)21-28-24-47-32-13-7-6-12-31(28)32/h6-7,12-13,15-16,22,24,26-27,30,33-36,47,53H,8-11,14,17-21,23,25H2,1-5H3,(H,46,57)(H,48,55)(H,49,54)(H,50,56)(H,51,59)/t27-,30-,33+,34+,35-,36+/m1/s1. The molecule has 330 valence electrons. The molecule has 3 heterocycles. The zero-order valence-corrected chi connectivity index (χ0v) is 35.8. The third kappa shape index (κ3) is 10.3. The topological polar surface area (TPSA) is 220 Å². The number of aliphatic hydroxyl groups is 1. The molecule has 2 aromatic carbocycles. The fourth-order valence-electron chi connectivity index (χ4n) is 9.00. The van der Waals surface area contributed by atoms with Gasteiger partial charge in [-0.3, -0.25) is 28.8 Å². The van der Waals surface area contributed by atoms with E-state index in [0.29, 0.717) is 37.2 Å². The van der Waals surface area contributed by atoms with Crippen molar-refractivity contribution in [3.8, 4) is 11.5 Å². The lowest BCUT2D eigenvalue weighted by atomic mass is 9.77. The molecular weight excluding hydrogens is 783 g/mol. The predicted molar refractivity (Wildman–Crippen MR) is 228 cm³/mol. The van der Waals surface area contributed by atoms with Crippen LogP contribution in [0.5, 0.6) is 11.5 Å². The highest BCUT2D eigenvalue weighted by Crippen LogP contribution is 2.44. The molecule has 6 amide bonds. The van der Waals surface area contributed by atoms with Crippen molar-refractivity contribution >= 4 is 46.3 Å². The fourth-order valence-corrected chi connectivity index (χ4v) is 9.00. The molecule has 16 nitrogen and oxygen atoms in total. The number of para-hydroxylation sites is 1. The summed E-state index contributed by atoms with van der Waals surface area (Å²) in [5.74, 6) is -2.13. The normalized spacial score (nSPS) is 25.7. The van der Waals surface area contributed by atoms with Gasteiger partial charge in [0.1, 0.15) is 30.2 Å². The van der Waals surface area contributed by atoms with Crippen LogP contribution in [-0.4, -0.2) is 114 Å². The van der Waals surface area contributed by atoms with E-state index in [2.05, 4.69) is 31.6 Å². The molecule has 16 heteroatoms. The van der Waals surface area contributed by atoms with Crippen molar-refractivity contribution in [2.45, 2.75) is 127 Å². The van der Waals surface area contributed by atoms with E-state index in [0.717, 1.165) is 34.9 Å². The van der Waals surface area contributed by atoms with Gasteiger partial charge in [-0.05, 0) is 80.7 Å². The maximum absolute atomic E-state index is 14.5. The molecule has 2 aliphatic heterocycles. The average molecular weight is 844 g/mol. The largest absolute Gasteiger partial charge is 0.493 e. The Labute approximate surface area is 356 Å². The van der Waals surface area contributed by atoms with Crippen LogP contribution in [0.1, 0.15) is 89.7 Å². The molecule has 6 atom stereocenters. The van der Waals surface area contributed by atoms with Crippen molar-refractivity contribution in [3.63, 3.8) is 0 Å². The van der Waals surface area contributed by atoms with Crippen LogP contribution in [0.3, 0.4) is 0 Å². The lowest BCUT2D eigenvalue weighted by Gasteiger charge is -2.31. The van der Waals surface area contributed by atoms with Crippen LogP contribution in [0.2, 0.25) is 0 Å². The molecule has 3 aliphatic rings. The summed E-state index contributed by atoms with van der Waals surface area (Å²) in [6.45, 7) is 5.47. The smallest absolute Gasteiger partial charge is 0.245 e. The minimum absolute atomic E-state index is 0.0349. The number of carbonyl (C=O) groups is 6. The molecular formula is C45H61N7O9. The van der Waals surface area contributed by atoms with Crippen LogP contribution >= 0.6 is 0 Å². The highest BCUT2D eigenvalue weighted by molar-refractivity contribution is 5.98. The first-order valence-corrected chi connectivity index (χ1v) is 21.5. The highest BCUT2D eigenvalue weighted by atomic mass is 16.5. The van der Waals surface area contributed by atoms with Crippen molar-refractivity contribution in [2.75, 3.05) is 27.3 Å². The minimum Gasteiger partial charge on any atom is -0.493 e. The molecule has 0 radical (unpaired) electrons. The Bertz CT molecular complexity index is 2080. The summed E-state index contributed by atoms with van der Waals surface area (Å²) in [6, 6.07) is 7.59. The number of aromatic nitrogens is 1. The number of amides is 6. The van der Waals surface area contributed by atoms with Gasteiger partial charge in [0, 0.05) is 43.0 Å². The first-order chi connectivity index (χ1) is 29.2. The van der Waals surface area contributed by atoms with Gasteiger partial charge in [0.2, 0.25) is 35.4 Å². The Morgan fingerprint density at radius 3 is 2.33 bits per heavy atom. The molecule has 1 aromatic heterocycles. The van der Waals surface area contributed by atoms with Crippen molar-refractivity contribution in [2.24, 2.45) is 5.92 Å². The quantitative estimate of drug-likeness (QED) is 0.168. The van der Waals surface area contributed by atoms with Gasteiger partial charge in [-0.25, -0.2) is 0 Å². The first kappa shape index (κ1) is 44.9. The number of carbonyl (C=O) groups excluding carboxylic acids is 6. The third-order valence-corrected chi connectivity index (χ3v) is 12.3. The van der Waals surface area contributed by atoms with Crippen LogP contribution in [0.15, 0.2) is 48.7 Å². The second-order valence-electron chi connectivity index (χ2n) is 17.1. The number of fused-ring (bicyclic) bond motifs is 2. The summed E-state index contributed by atoms with van der Waals surface area (Å²) in [6.07, 6.45) is 4.93. The van der Waals surface area contributed by atoms with E-state index in [9.17, 15) is 33.9 Å². The van der Waals surface area contributed by atoms with Crippen LogP contribution in [0.4, 0.5) is 0 Å². The molecule has 1 aliphatic carbocycles. The van der Waals surface area contributed by atoms with E-state index in [1.165, 1.54) is 18.9 Å². The lowest BCUT2D eigenvalue weighted by molar-refractivity contribution is -0.142. The van der Waals surface area contributed by atoms with Crippen LogP contribution in [0, 0.1) is 5.92 Å². The van der Waals surface area contributed by atoms with Gasteiger partial charge in [-0.15, -0.1) is 0 Å². The SMILES string of the molecule is COc1ccc(C2(C(=O)N[C@H]3CCCCNC(=O)[C@@H]4C[C@@H](O)CN4C(=O)[C@@H](CC(C)C)NC(=O)[C@H](Cc4c[nH]c5ccccc45)NC(=O)[C@@H](C)NC3=O)CCCC2)cc1OC. The number of methoxy groups -OCH3 is 2. The van der Waals surface area contributed by atoms with Gasteiger partial charge in [0.05, 0.1) is 25.7 Å². The molecule has 61 heavy (non-hydrogen) atoms. The fraction of sp³-hybridized carbons (Fsp3) is 0.556. The summed E-state index contributed by atoms with van der Waals surface area (Å²) in [4.78, 5) is 89.3. The van der Waals surface area contributed by atoms with E-state index < -0.39 is 71.3 Å². The highest BCUT2D eigenvalue weighted by Gasteiger charge is 2.45. The number of benzene rings is 2. The Morgan fingerprint density at radius 1 is 0.885 bits per heavy atom. The molecule has 6 rings (SSSR count). The Kier molecular flexibility index (Phi) is 14.6. The first-order valence-electron chi connectivity index (χ1n) is 21.5. The molecule has 0 bridgehead atoms. The van der Waals surface area contributed by atoms with E-state index in [1.54, 1.807) is 25.4 Å². The number of rotatable bonds is 9. The van der Waals surface area contributed by atoms with Crippen molar-refractivity contribution in [1.29, 1.82) is 0 Å². The van der Waals surface area contributed by atoms with Crippen molar-refractivity contribution in [1.82, 2.24) is 36.5 Å². The van der Waals surface area contributed by atoms with Gasteiger partial charge >= 0.3 is 0 Å². The third-order valence-electron chi connectivity index (χ3n) is 12.3. The summed E-state index contributed by atoms with van der Waals surface area (Å²) < 4.78 is 11.0. The zero-order valence-electron chi connectivity index (χ0n) is 35.8.